The normalized spacial score (nSPS) is 22.8. The molecule has 0 bridgehead atoms. The third kappa shape index (κ3) is 1.78. The molecule has 0 saturated heterocycles. The molecule has 0 radical (unpaired) electrons. The van der Waals surface area contributed by atoms with Crippen LogP contribution in [-0.2, 0) is 0 Å². The van der Waals surface area contributed by atoms with Crippen molar-refractivity contribution < 1.29 is 0 Å². The summed E-state index contributed by atoms with van der Waals surface area (Å²) in [6.07, 6.45) is 5.33. The van der Waals surface area contributed by atoms with E-state index < -0.39 is 5.59 Å². The first kappa shape index (κ1) is 7.75. The first-order chi connectivity index (χ1) is 4.13. The zero-order valence-corrected chi connectivity index (χ0v) is 7.55. The smallest absolute Gasteiger partial charge is 0.0814 e. The molecule has 0 N–H and O–H groups in total. The van der Waals surface area contributed by atoms with Crippen LogP contribution in [0.2, 0.25) is 0 Å². The van der Waals surface area contributed by atoms with Gasteiger partial charge in [0.1, 0.15) is 0 Å². The lowest BCUT2D eigenvalue weighted by molar-refractivity contribution is 2.05. The Balaban J connectivity index is 3.18. The van der Waals surface area contributed by atoms with Crippen LogP contribution in [0.25, 0.3) is 0 Å². The van der Waals surface area contributed by atoms with Gasteiger partial charge in [0.15, 0.2) is 0 Å². The molecule has 1 rings (SSSR count). The standard InChI is InChI=1S/C5H4Cl3P/c6-5-3-1-2-4-9(5,7)8/h1-4H. The van der Waals surface area contributed by atoms with Crippen LogP contribution in [0.5, 0.6) is 0 Å². The van der Waals surface area contributed by atoms with E-state index in [0.29, 0.717) is 4.75 Å². The van der Waals surface area contributed by atoms with Gasteiger partial charge in [0.25, 0.3) is 0 Å². The molecule has 1 aliphatic heterocycles. The monoisotopic (exact) mass is 200 g/mol. The van der Waals surface area contributed by atoms with Crippen LogP contribution >= 0.6 is 39.7 Å². The summed E-state index contributed by atoms with van der Waals surface area (Å²) in [5, 5.41) is 0. The van der Waals surface area contributed by atoms with Crippen molar-refractivity contribution in [3.05, 3.63) is 24.0 Å². The average molecular weight is 201 g/mol. The van der Waals surface area contributed by atoms with Gasteiger partial charge in [-0.2, -0.15) is 0 Å². The summed E-state index contributed by atoms with van der Waals surface area (Å²) >= 11 is 17.3. The van der Waals surface area contributed by atoms with Gasteiger partial charge in [-0.1, -0.05) is 46.2 Å². The zero-order valence-electron chi connectivity index (χ0n) is 4.39. The second-order valence-corrected chi connectivity index (χ2v) is 7.86. The van der Waals surface area contributed by atoms with Crippen molar-refractivity contribution >= 4 is 44.4 Å². The first-order valence-corrected chi connectivity index (χ1v) is 6.34. The van der Waals surface area contributed by atoms with Gasteiger partial charge in [0.05, 0.1) is 10.3 Å². The molecule has 0 fully saturated rings. The molecule has 0 saturated carbocycles. The molecule has 1 aliphatic rings. The summed E-state index contributed by atoms with van der Waals surface area (Å²) in [4.78, 5) is 0. The molecule has 0 aromatic heterocycles. The molecule has 0 nitrogen and oxygen atoms in total. The number of rotatable bonds is 0. The lowest BCUT2D eigenvalue weighted by Crippen LogP contribution is -1.80. The summed E-state index contributed by atoms with van der Waals surface area (Å²) in [5.41, 5.74) is -2.07. The van der Waals surface area contributed by atoms with Gasteiger partial charge in [-0.3, -0.25) is 0 Å². The molecular weight excluding hydrogens is 197 g/mol. The minimum Gasteiger partial charge on any atom is -0.0814 e. The lowest BCUT2D eigenvalue weighted by Gasteiger charge is -2.06. The SMILES string of the molecule is ClC1=P(Cl)(Cl)C=CC=C1. The van der Waals surface area contributed by atoms with Crippen molar-refractivity contribution in [1.82, 2.24) is 0 Å². The Hall–Kier alpha value is 0.650. The average Bonchev–Trinajstić information content (AvgIpc) is 1.77. The maximum atomic E-state index is 5.79. The van der Waals surface area contributed by atoms with E-state index in [4.69, 9.17) is 34.1 Å². The van der Waals surface area contributed by atoms with Gasteiger partial charge in [0.2, 0.25) is 0 Å². The molecule has 50 valence electrons. The molecule has 9 heavy (non-hydrogen) atoms. The number of hydrogen-bond donors (Lipinski definition) is 0. The van der Waals surface area contributed by atoms with Crippen molar-refractivity contribution in [2.24, 2.45) is 0 Å². The van der Waals surface area contributed by atoms with E-state index in [1.54, 1.807) is 18.0 Å². The Morgan fingerprint density at radius 3 is 2.22 bits per heavy atom. The van der Waals surface area contributed by atoms with Crippen LogP contribution in [0.3, 0.4) is 0 Å². The van der Waals surface area contributed by atoms with Crippen LogP contribution < -0.4 is 0 Å². The van der Waals surface area contributed by atoms with E-state index in [2.05, 4.69) is 0 Å². The van der Waals surface area contributed by atoms with E-state index in [1.807, 2.05) is 6.08 Å². The Bertz CT molecular complexity index is 220. The maximum Gasteiger partial charge on any atom is 0.0997 e. The van der Waals surface area contributed by atoms with Crippen LogP contribution in [0, 0.1) is 0 Å². The Morgan fingerprint density at radius 1 is 1.22 bits per heavy atom. The largest absolute Gasteiger partial charge is 0.0997 e. The summed E-state index contributed by atoms with van der Waals surface area (Å²) in [6, 6.07) is 0. The quantitative estimate of drug-likeness (QED) is 0.524. The topological polar surface area (TPSA) is 0 Å². The fourth-order valence-corrected chi connectivity index (χ4v) is 2.18. The van der Waals surface area contributed by atoms with E-state index in [-0.39, 0.29) is 0 Å². The van der Waals surface area contributed by atoms with Crippen LogP contribution in [0.4, 0.5) is 0 Å². The van der Waals surface area contributed by atoms with Crippen LogP contribution in [0.1, 0.15) is 0 Å². The second-order valence-electron chi connectivity index (χ2n) is 1.58. The molecule has 0 aliphatic carbocycles. The molecule has 0 spiro atoms. The third-order valence-corrected chi connectivity index (χ3v) is 5.38. The predicted molar refractivity (Wildman–Crippen MR) is 47.8 cm³/mol. The minimum atomic E-state index is -2.07. The maximum absolute atomic E-state index is 5.79. The molecule has 0 amide bonds. The second kappa shape index (κ2) is 2.72. The summed E-state index contributed by atoms with van der Waals surface area (Å²) < 4.78 is 0.549. The van der Waals surface area contributed by atoms with Crippen molar-refractivity contribution in [2.75, 3.05) is 0 Å². The third-order valence-electron chi connectivity index (χ3n) is 0.903. The van der Waals surface area contributed by atoms with E-state index in [9.17, 15) is 0 Å². The minimum absolute atomic E-state index is 0.549. The van der Waals surface area contributed by atoms with Crippen molar-refractivity contribution in [2.45, 2.75) is 0 Å². The van der Waals surface area contributed by atoms with Crippen molar-refractivity contribution in [1.29, 1.82) is 0 Å². The van der Waals surface area contributed by atoms with Gasteiger partial charge < -0.3 is 0 Å². The molecule has 0 unspecified atom stereocenters. The zero-order chi connectivity index (χ0) is 6.91. The highest BCUT2D eigenvalue weighted by atomic mass is 35.9. The van der Waals surface area contributed by atoms with Crippen LogP contribution in [0.15, 0.2) is 24.0 Å². The number of hydrogen-bond acceptors (Lipinski definition) is 0. The van der Waals surface area contributed by atoms with Gasteiger partial charge in [-0.25, -0.2) is 0 Å². The summed E-state index contributed by atoms with van der Waals surface area (Å²) in [5.74, 6) is 1.73. The highest BCUT2D eigenvalue weighted by Crippen LogP contribution is 2.62. The van der Waals surface area contributed by atoms with Gasteiger partial charge in [-0.15, -0.1) is 0 Å². The Labute approximate surface area is 68.7 Å². The Morgan fingerprint density at radius 2 is 1.89 bits per heavy atom. The number of allylic oxidation sites excluding steroid dienone is 3. The van der Waals surface area contributed by atoms with E-state index >= 15 is 0 Å². The molecular formula is C5H4Cl3P. The summed E-state index contributed by atoms with van der Waals surface area (Å²) in [6.45, 7) is 0. The highest BCUT2D eigenvalue weighted by Gasteiger charge is 2.11. The molecule has 0 atom stereocenters. The molecule has 1 heterocycles. The lowest BCUT2D eigenvalue weighted by atomic mass is 10.5. The van der Waals surface area contributed by atoms with Crippen molar-refractivity contribution in [3.8, 4) is 0 Å². The fraction of sp³-hybridized carbons (Fsp3) is 0. The van der Waals surface area contributed by atoms with E-state index in [0.717, 1.165) is 0 Å². The first-order valence-electron chi connectivity index (χ1n) is 2.30. The molecule has 0 aromatic rings. The van der Waals surface area contributed by atoms with Gasteiger partial charge in [0, 0.05) is 0 Å². The Kier molecular flexibility index (Phi) is 2.34. The molecule has 4 heteroatoms. The van der Waals surface area contributed by atoms with Crippen molar-refractivity contribution in [3.63, 3.8) is 0 Å². The van der Waals surface area contributed by atoms with E-state index in [1.165, 1.54) is 0 Å². The van der Waals surface area contributed by atoms with Gasteiger partial charge in [-0.05, 0) is 11.9 Å². The summed E-state index contributed by atoms with van der Waals surface area (Å²) in [7, 11) is 0. The fourth-order valence-electron chi connectivity index (χ4n) is 0.463. The highest BCUT2D eigenvalue weighted by molar-refractivity contribution is 8.19. The van der Waals surface area contributed by atoms with Crippen LogP contribution in [-0.4, -0.2) is 4.75 Å². The predicted octanol–water partition coefficient (Wildman–Crippen LogP) is 3.76. The number of halogens is 3. The molecule has 0 aromatic carbocycles. The van der Waals surface area contributed by atoms with Gasteiger partial charge >= 0.3 is 0 Å².